The first-order chi connectivity index (χ1) is 9.84. The van der Waals surface area contributed by atoms with Gasteiger partial charge in [0, 0.05) is 10.5 Å². The topological polar surface area (TPSA) is 22.0 Å². The Kier molecular flexibility index (Phi) is 2.79. The normalized spacial score (nSPS) is 12.8. The predicted octanol–water partition coefficient (Wildman–Crippen LogP) is 4.31. The SMILES string of the molecule is O=c1c(-c2ccccc2)ccc2n1CSc1ccsc1-2. The summed E-state index contributed by atoms with van der Waals surface area (Å²) in [6.07, 6.45) is 0. The molecular weight excluding hydrogens is 286 g/mol. The Morgan fingerprint density at radius 1 is 1.00 bits per heavy atom. The predicted molar refractivity (Wildman–Crippen MR) is 85.3 cm³/mol. The molecule has 0 saturated carbocycles. The van der Waals surface area contributed by atoms with E-state index in [1.807, 2.05) is 41.0 Å². The summed E-state index contributed by atoms with van der Waals surface area (Å²) in [5, 5.41) is 2.09. The van der Waals surface area contributed by atoms with E-state index in [0.29, 0.717) is 5.88 Å². The molecule has 1 aliphatic rings. The Hall–Kier alpha value is -1.78. The molecule has 0 atom stereocenters. The third-order valence-corrected chi connectivity index (χ3v) is 5.57. The van der Waals surface area contributed by atoms with Crippen LogP contribution in [0.1, 0.15) is 0 Å². The molecule has 3 aromatic rings. The third kappa shape index (κ3) is 1.76. The maximum atomic E-state index is 12.7. The summed E-state index contributed by atoms with van der Waals surface area (Å²) in [7, 11) is 0. The number of benzene rings is 1. The first kappa shape index (κ1) is 12.0. The van der Waals surface area contributed by atoms with Crippen molar-refractivity contribution in [1.82, 2.24) is 4.57 Å². The molecule has 4 heteroatoms. The number of pyridine rings is 1. The second-order valence-electron chi connectivity index (χ2n) is 4.62. The van der Waals surface area contributed by atoms with Gasteiger partial charge >= 0.3 is 0 Å². The summed E-state index contributed by atoms with van der Waals surface area (Å²) >= 11 is 3.43. The van der Waals surface area contributed by atoms with Crippen molar-refractivity contribution in [2.75, 3.05) is 0 Å². The number of hydrogen-bond acceptors (Lipinski definition) is 3. The number of hydrogen-bond donors (Lipinski definition) is 0. The van der Waals surface area contributed by atoms with Gasteiger partial charge in [-0.3, -0.25) is 9.36 Å². The van der Waals surface area contributed by atoms with Crippen molar-refractivity contribution >= 4 is 23.1 Å². The van der Waals surface area contributed by atoms with Crippen LogP contribution in [0, 0.1) is 0 Å². The molecule has 0 saturated heterocycles. The van der Waals surface area contributed by atoms with Crippen LogP contribution in [0.25, 0.3) is 21.7 Å². The minimum Gasteiger partial charge on any atom is -0.297 e. The van der Waals surface area contributed by atoms with E-state index in [1.165, 1.54) is 9.77 Å². The maximum Gasteiger partial charge on any atom is 0.259 e. The van der Waals surface area contributed by atoms with E-state index in [0.717, 1.165) is 16.8 Å². The van der Waals surface area contributed by atoms with Crippen molar-refractivity contribution < 1.29 is 0 Å². The highest BCUT2D eigenvalue weighted by molar-refractivity contribution is 7.98. The molecule has 20 heavy (non-hydrogen) atoms. The van der Waals surface area contributed by atoms with Gasteiger partial charge < -0.3 is 0 Å². The van der Waals surface area contributed by atoms with E-state index in [9.17, 15) is 4.79 Å². The molecular formula is C16H11NOS2. The molecule has 0 bridgehead atoms. The molecule has 3 heterocycles. The van der Waals surface area contributed by atoms with Gasteiger partial charge in [0.25, 0.3) is 5.56 Å². The van der Waals surface area contributed by atoms with Crippen molar-refractivity contribution in [2.45, 2.75) is 10.8 Å². The Morgan fingerprint density at radius 3 is 2.70 bits per heavy atom. The van der Waals surface area contributed by atoms with Gasteiger partial charge in [-0.1, -0.05) is 30.3 Å². The van der Waals surface area contributed by atoms with Crippen LogP contribution in [-0.2, 0) is 5.88 Å². The molecule has 2 nitrogen and oxygen atoms in total. The Balaban J connectivity index is 1.95. The monoisotopic (exact) mass is 297 g/mol. The lowest BCUT2D eigenvalue weighted by molar-refractivity contribution is 0.844. The van der Waals surface area contributed by atoms with Crippen LogP contribution in [-0.4, -0.2) is 4.57 Å². The Morgan fingerprint density at radius 2 is 1.85 bits per heavy atom. The van der Waals surface area contributed by atoms with Crippen LogP contribution in [0.15, 0.2) is 63.6 Å². The largest absolute Gasteiger partial charge is 0.297 e. The summed E-state index contributed by atoms with van der Waals surface area (Å²) in [5.41, 5.74) is 2.89. The minimum atomic E-state index is 0.0975. The van der Waals surface area contributed by atoms with Crippen molar-refractivity contribution in [3.63, 3.8) is 0 Å². The van der Waals surface area contributed by atoms with Gasteiger partial charge in [0.05, 0.1) is 16.4 Å². The molecule has 98 valence electrons. The summed E-state index contributed by atoms with van der Waals surface area (Å²) in [4.78, 5) is 15.2. The molecule has 0 N–H and O–H groups in total. The molecule has 1 aromatic carbocycles. The molecule has 0 fully saturated rings. The van der Waals surface area contributed by atoms with Crippen molar-refractivity contribution in [3.05, 3.63) is 64.3 Å². The average molecular weight is 297 g/mol. The van der Waals surface area contributed by atoms with Crippen LogP contribution in [0.5, 0.6) is 0 Å². The number of fused-ring (bicyclic) bond motifs is 3. The second kappa shape index (κ2) is 4.65. The van der Waals surface area contributed by atoms with E-state index in [-0.39, 0.29) is 5.56 Å². The lowest BCUT2D eigenvalue weighted by atomic mass is 10.1. The van der Waals surface area contributed by atoms with E-state index >= 15 is 0 Å². The van der Waals surface area contributed by atoms with E-state index < -0.39 is 0 Å². The van der Waals surface area contributed by atoms with Gasteiger partial charge in [0.2, 0.25) is 0 Å². The highest BCUT2D eigenvalue weighted by Gasteiger charge is 2.20. The zero-order valence-corrected chi connectivity index (χ0v) is 12.2. The highest BCUT2D eigenvalue weighted by Crippen LogP contribution is 2.40. The van der Waals surface area contributed by atoms with Gasteiger partial charge in [-0.15, -0.1) is 23.1 Å². The van der Waals surface area contributed by atoms with Crippen molar-refractivity contribution in [1.29, 1.82) is 0 Å². The quantitative estimate of drug-likeness (QED) is 0.668. The van der Waals surface area contributed by atoms with Gasteiger partial charge in [-0.05, 0) is 29.1 Å². The molecule has 0 radical (unpaired) electrons. The molecule has 0 aliphatic carbocycles. The summed E-state index contributed by atoms with van der Waals surface area (Å²) in [6, 6.07) is 16.0. The Labute approximate surface area is 124 Å². The summed E-state index contributed by atoms with van der Waals surface area (Å²) in [6.45, 7) is 0. The number of thiophene rings is 1. The van der Waals surface area contributed by atoms with Crippen LogP contribution in [0.2, 0.25) is 0 Å². The molecule has 2 aromatic heterocycles. The number of thioether (sulfide) groups is 1. The van der Waals surface area contributed by atoms with Crippen molar-refractivity contribution in [3.8, 4) is 21.7 Å². The molecule has 0 amide bonds. The van der Waals surface area contributed by atoms with Gasteiger partial charge in [-0.25, -0.2) is 0 Å². The fourth-order valence-corrected chi connectivity index (χ4v) is 4.63. The van der Waals surface area contributed by atoms with Gasteiger partial charge in [0.15, 0.2) is 0 Å². The molecule has 1 aliphatic heterocycles. The van der Waals surface area contributed by atoms with Gasteiger partial charge in [-0.2, -0.15) is 0 Å². The van der Waals surface area contributed by atoms with Crippen LogP contribution >= 0.6 is 23.1 Å². The first-order valence-corrected chi connectivity index (χ1v) is 8.21. The zero-order chi connectivity index (χ0) is 13.5. The number of aromatic nitrogens is 1. The van der Waals surface area contributed by atoms with E-state index in [1.54, 1.807) is 23.1 Å². The van der Waals surface area contributed by atoms with Crippen molar-refractivity contribution in [2.24, 2.45) is 0 Å². The standard InChI is InChI=1S/C16H11NOS2/c18-16-12(11-4-2-1-3-5-11)6-7-13-15-14(8-9-19-15)20-10-17(13)16/h1-9H,10H2. The van der Waals surface area contributed by atoms with E-state index in [2.05, 4.69) is 17.5 Å². The van der Waals surface area contributed by atoms with Gasteiger partial charge in [0.1, 0.15) is 0 Å². The lowest BCUT2D eigenvalue weighted by Crippen LogP contribution is -2.23. The van der Waals surface area contributed by atoms with Crippen LogP contribution in [0.3, 0.4) is 0 Å². The summed E-state index contributed by atoms with van der Waals surface area (Å²) in [5.74, 6) is 0.693. The fraction of sp³-hybridized carbons (Fsp3) is 0.0625. The molecule has 0 unspecified atom stereocenters. The van der Waals surface area contributed by atoms with Crippen LogP contribution in [0.4, 0.5) is 0 Å². The smallest absolute Gasteiger partial charge is 0.259 e. The van der Waals surface area contributed by atoms with E-state index in [4.69, 9.17) is 0 Å². The maximum absolute atomic E-state index is 12.7. The summed E-state index contributed by atoms with van der Waals surface area (Å²) < 4.78 is 1.88. The highest BCUT2D eigenvalue weighted by atomic mass is 32.2. The average Bonchev–Trinajstić information content (AvgIpc) is 2.97. The zero-order valence-electron chi connectivity index (χ0n) is 10.6. The minimum absolute atomic E-state index is 0.0975. The third-order valence-electron chi connectivity index (χ3n) is 3.47. The molecule has 0 spiro atoms. The Bertz CT molecular complexity index is 833. The number of rotatable bonds is 1. The fourth-order valence-electron chi connectivity index (χ4n) is 2.47. The number of nitrogens with zero attached hydrogens (tertiary/aromatic N) is 1. The second-order valence-corrected chi connectivity index (χ2v) is 6.52. The lowest BCUT2D eigenvalue weighted by Gasteiger charge is -2.19. The first-order valence-electron chi connectivity index (χ1n) is 6.34. The van der Waals surface area contributed by atoms with Crippen LogP contribution < -0.4 is 5.56 Å². The molecule has 4 rings (SSSR count).